The minimum atomic E-state index is -0.248. The number of fused-ring (bicyclic) bond motifs is 1. The number of ketones is 1. The maximum Gasteiger partial charge on any atom is 0.146 e. The van der Waals surface area contributed by atoms with E-state index in [-0.39, 0.29) is 5.41 Å². The predicted molar refractivity (Wildman–Crippen MR) is 48.7 cm³/mol. The van der Waals surface area contributed by atoms with Gasteiger partial charge >= 0.3 is 0 Å². The van der Waals surface area contributed by atoms with Crippen molar-refractivity contribution in [2.75, 3.05) is 0 Å². The summed E-state index contributed by atoms with van der Waals surface area (Å²) in [4.78, 5) is 11.6. The van der Waals surface area contributed by atoms with Gasteiger partial charge < -0.3 is 0 Å². The molecule has 64 valence electrons. The maximum absolute atomic E-state index is 11.6. The van der Waals surface area contributed by atoms with E-state index in [0.29, 0.717) is 17.6 Å². The Morgan fingerprint density at radius 2 is 2.50 bits per heavy atom. The lowest BCUT2D eigenvalue weighted by Gasteiger charge is -2.50. The molecule has 0 amide bonds. The highest BCUT2D eigenvalue weighted by Crippen LogP contribution is 2.52. The van der Waals surface area contributed by atoms with Gasteiger partial charge in [0.2, 0.25) is 0 Å². The molecule has 1 fully saturated rings. The van der Waals surface area contributed by atoms with Gasteiger partial charge in [-0.05, 0) is 19.8 Å². The number of Topliss-reactive ketones (excluding diaryl/α,β-unsaturated/α-hetero) is 1. The van der Waals surface area contributed by atoms with Crippen LogP contribution in [0, 0.1) is 17.3 Å². The zero-order valence-electron chi connectivity index (χ0n) is 7.42. The molecule has 0 unspecified atom stereocenters. The van der Waals surface area contributed by atoms with Crippen molar-refractivity contribution in [3.05, 3.63) is 24.8 Å². The van der Waals surface area contributed by atoms with Crippen molar-refractivity contribution in [3.8, 4) is 0 Å². The van der Waals surface area contributed by atoms with E-state index in [0.717, 1.165) is 12.8 Å². The quantitative estimate of drug-likeness (QED) is 0.541. The summed E-state index contributed by atoms with van der Waals surface area (Å²) in [6.07, 6.45) is 8.31. The number of carbonyl (C=O) groups is 1. The van der Waals surface area contributed by atoms with Crippen molar-refractivity contribution < 1.29 is 4.79 Å². The molecule has 0 spiro atoms. The molecular weight excluding hydrogens is 148 g/mol. The number of allylic oxidation sites excluding steroid dienone is 3. The van der Waals surface area contributed by atoms with E-state index in [1.54, 1.807) is 0 Å². The summed E-state index contributed by atoms with van der Waals surface area (Å²) in [5, 5.41) is 0. The van der Waals surface area contributed by atoms with Gasteiger partial charge in [0.05, 0.1) is 5.41 Å². The summed E-state index contributed by atoms with van der Waals surface area (Å²) in [5.41, 5.74) is -0.248. The first kappa shape index (κ1) is 7.78. The molecular formula is C11H14O. The second-order valence-electron chi connectivity index (χ2n) is 3.99. The fraction of sp³-hybridized carbons (Fsp3) is 0.545. The van der Waals surface area contributed by atoms with Gasteiger partial charge in [0.25, 0.3) is 0 Å². The topological polar surface area (TPSA) is 17.1 Å². The molecule has 0 saturated heterocycles. The van der Waals surface area contributed by atoms with E-state index in [9.17, 15) is 4.79 Å². The van der Waals surface area contributed by atoms with E-state index < -0.39 is 0 Å². The summed E-state index contributed by atoms with van der Waals surface area (Å²) in [7, 11) is 0. The molecule has 0 N–H and O–H groups in total. The van der Waals surface area contributed by atoms with Crippen LogP contribution in [0.15, 0.2) is 24.8 Å². The average Bonchev–Trinajstić information content (AvgIpc) is 2.16. The number of hydrogen-bond acceptors (Lipinski definition) is 1. The van der Waals surface area contributed by atoms with Gasteiger partial charge in [0, 0.05) is 11.8 Å². The zero-order chi connectivity index (χ0) is 8.77. The third-order valence-electron chi connectivity index (χ3n) is 3.41. The lowest BCUT2D eigenvalue weighted by atomic mass is 9.51. The van der Waals surface area contributed by atoms with Gasteiger partial charge in [-0.3, -0.25) is 4.79 Å². The number of hydrogen-bond donors (Lipinski definition) is 0. The Morgan fingerprint density at radius 1 is 1.75 bits per heavy atom. The molecule has 2 rings (SSSR count). The smallest absolute Gasteiger partial charge is 0.146 e. The van der Waals surface area contributed by atoms with Crippen LogP contribution in [0.4, 0.5) is 0 Å². The van der Waals surface area contributed by atoms with Crippen LogP contribution in [0.25, 0.3) is 0 Å². The third kappa shape index (κ3) is 0.715. The van der Waals surface area contributed by atoms with Gasteiger partial charge in [0.15, 0.2) is 0 Å². The lowest BCUT2D eigenvalue weighted by molar-refractivity contribution is -0.147. The average molecular weight is 162 g/mol. The van der Waals surface area contributed by atoms with E-state index in [1.165, 1.54) is 0 Å². The SMILES string of the molecule is C=C[C@]1(C)C(=O)[C@@H]2CCC=C[C@@H]21. The Hall–Kier alpha value is -0.850. The van der Waals surface area contributed by atoms with Crippen LogP contribution in [0.3, 0.4) is 0 Å². The van der Waals surface area contributed by atoms with Crippen LogP contribution in [0.5, 0.6) is 0 Å². The minimum absolute atomic E-state index is 0.248. The summed E-state index contributed by atoms with van der Waals surface area (Å²) < 4.78 is 0. The number of carbonyl (C=O) groups excluding carboxylic acids is 1. The van der Waals surface area contributed by atoms with E-state index >= 15 is 0 Å². The lowest BCUT2D eigenvalue weighted by Crippen LogP contribution is -2.54. The molecule has 12 heavy (non-hydrogen) atoms. The Morgan fingerprint density at radius 3 is 3.17 bits per heavy atom. The maximum atomic E-state index is 11.6. The largest absolute Gasteiger partial charge is 0.298 e. The molecule has 0 aromatic rings. The molecule has 0 heterocycles. The summed E-state index contributed by atoms with van der Waals surface area (Å²) in [6.45, 7) is 5.74. The summed E-state index contributed by atoms with van der Waals surface area (Å²) in [5.74, 6) is 1.14. The fourth-order valence-corrected chi connectivity index (χ4v) is 2.45. The number of rotatable bonds is 1. The van der Waals surface area contributed by atoms with Crippen LogP contribution >= 0.6 is 0 Å². The first-order chi connectivity index (χ1) is 5.70. The molecule has 2 aliphatic carbocycles. The molecule has 1 nitrogen and oxygen atoms in total. The second-order valence-corrected chi connectivity index (χ2v) is 3.99. The highest BCUT2D eigenvalue weighted by molar-refractivity contribution is 5.96. The van der Waals surface area contributed by atoms with Gasteiger partial charge in [0.1, 0.15) is 5.78 Å². The van der Waals surface area contributed by atoms with E-state index in [2.05, 4.69) is 18.7 Å². The van der Waals surface area contributed by atoms with Crippen LogP contribution < -0.4 is 0 Å². The Bertz CT molecular complexity index is 264. The Kier molecular flexibility index (Phi) is 1.50. The third-order valence-corrected chi connectivity index (χ3v) is 3.41. The summed E-state index contributed by atoms with van der Waals surface area (Å²) in [6, 6.07) is 0. The Balaban J connectivity index is 2.31. The fourth-order valence-electron chi connectivity index (χ4n) is 2.45. The zero-order valence-corrected chi connectivity index (χ0v) is 7.42. The van der Waals surface area contributed by atoms with Crippen molar-refractivity contribution in [3.63, 3.8) is 0 Å². The monoisotopic (exact) mass is 162 g/mol. The molecule has 0 aromatic carbocycles. The molecule has 1 heteroatoms. The van der Waals surface area contributed by atoms with Gasteiger partial charge in [-0.1, -0.05) is 18.2 Å². The molecule has 0 radical (unpaired) electrons. The second kappa shape index (κ2) is 2.32. The van der Waals surface area contributed by atoms with Gasteiger partial charge in [-0.25, -0.2) is 0 Å². The van der Waals surface area contributed by atoms with E-state index in [1.807, 2.05) is 13.0 Å². The molecule has 0 aliphatic heterocycles. The first-order valence-electron chi connectivity index (χ1n) is 4.54. The molecule has 3 atom stereocenters. The van der Waals surface area contributed by atoms with Crippen LogP contribution in [0.2, 0.25) is 0 Å². The predicted octanol–water partition coefficient (Wildman–Crippen LogP) is 2.34. The standard InChI is InChI=1S/C11H14O/c1-3-11(2)9-7-5-4-6-8(9)10(11)12/h3,5,7-9H,1,4,6H2,2H3/t8-,9+,11+/m1/s1. The van der Waals surface area contributed by atoms with Crippen LogP contribution in [0.1, 0.15) is 19.8 Å². The summed E-state index contributed by atoms with van der Waals surface area (Å²) >= 11 is 0. The molecule has 1 saturated carbocycles. The normalized spacial score (nSPS) is 44.9. The highest BCUT2D eigenvalue weighted by Gasteiger charge is 2.55. The first-order valence-corrected chi connectivity index (χ1v) is 4.54. The molecule has 0 bridgehead atoms. The van der Waals surface area contributed by atoms with Crippen molar-refractivity contribution in [1.82, 2.24) is 0 Å². The Labute approximate surface area is 73.2 Å². The van der Waals surface area contributed by atoms with Crippen molar-refractivity contribution >= 4 is 5.78 Å². The van der Waals surface area contributed by atoms with Gasteiger partial charge in [-0.15, -0.1) is 6.58 Å². The minimum Gasteiger partial charge on any atom is -0.298 e. The highest BCUT2D eigenvalue weighted by atomic mass is 16.1. The molecule has 2 aliphatic rings. The van der Waals surface area contributed by atoms with Crippen LogP contribution in [-0.2, 0) is 4.79 Å². The molecule has 0 aromatic heterocycles. The van der Waals surface area contributed by atoms with Gasteiger partial charge in [-0.2, -0.15) is 0 Å². The van der Waals surface area contributed by atoms with Crippen LogP contribution in [-0.4, -0.2) is 5.78 Å². The van der Waals surface area contributed by atoms with Crippen molar-refractivity contribution in [2.45, 2.75) is 19.8 Å². The van der Waals surface area contributed by atoms with E-state index in [4.69, 9.17) is 0 Å². The van der Waals surface area contributed by atoms with Crippen molar-refractivity contribution in [2.24, 2.45) is 17.3 Å². The van der Waals surface area contributed by atoms with Crippen molar-refractivity contribution in [1.29, 1.82) is 0 Å².